The third kappa shape index (κ3) is 2.19. The number of ether oxygens (including phenoxy) is 1. The molecule has 1 N–H and O–H groups in total. The highest BCUT2D eigenvalue weighted by molar-refractivity contribution is 5.79. The summed E-state index contributed by atoms with van der Waals surface area (Å²) in [4.78, 5) is 10.0. The highest BCUT2D eigenvalue weighted by atomic mass is 16.5. The largest absolute Gasteiger partial charge is 0.478 e. The molecule has 1 fully saturated rings. The lowest BCUT2D eigenvalue weighted by Gasteiger charge is -1.94. The van der Waals surface area contributed by atoms with Crippen molar-refractivity contribution in [1.29, 1.82) is 0 Å². The molecule has 0 aliphatic carbocycles. The maximum Gasteiger partial charge on any atom is 0.327 e. The van der Waals surface area contributed by atoms with Crippen LogP contribution in [0.1, 0.15) is 6.42 Å². The average molecular weight is 142 g/mol. The van der Waals surface area contributed by atoms with E-state index in [1.165, 1.54) is 6.08 Å². The first kappa shape index (κ1) is 7.28. The Labute approximate surface area is 59.3 Å². The normalized spacial score (nSPS) is 25.8. The van der Waals surface area contributed by atoms with Crippen molar-refractivity contribution in [1.82, 2.24) is 0 Å². The summed E-state index contributed by atoms with van der Waals surface area (Å²) in [6, 6.07) is 0. The van der Waals surface area contributed by atoms with Crippen LogP contribution in [0.15, 0.2) is 12.2 Å². The highest BCUT2D eigenvalue weighted by Gasteiger charge is 2.11. The smallest absolute Gasteiger partial charge is 0.327 e. The quantitative estimate of drug-likeness (QED) is 0.576. The van der Waals surface area contributed by atoms with Crippen LogP contribution in [0.2, 0.25) is 0 Å². The van der Waals surface area contributed by atoms with E-state index in [-0.39, 0.29) is 0 Å². The van der Waals surface area contributed by atoms with E-state index in [0.29, 0.717) is 12.5 Å². The molecule has 1 rings (SSSR count). The van der Waals surface area contributed by atoms with Gasteiger partial charge >= 0.3 is 5.97 Å². The first-order valence-electron chi connectivity index (χ1n) is 3.28. The second kappa shape index (κ2) is 3.37. The molecule has 1 atom stereocenters. The van der Waals surface area contributed by atoms with Crippen molar-refractivity contribution >= 4 is 5.97 Å². The maximum atomic E-state index is 10.0. The maximum absolute atomic E-state index is 10.0. The summed E-state index contributed by atoms with van der Waals surface area (Å²) in [6.07, 6.45) is 3.82. The van der Waals surface area contributed by atoms with Gasteiger partial charge in [0.1, 0.15) is 0 Å². The summed E-state index contributed by atoms with van der Waals surface area (Å²) in [5.41, 5.74) is 0. The number of carboxylic acid groups (broad SMARTS) is 1. The number of carboxylic acids is 1. The summed E-state index contributed by atoms with van der Waals surface area (Å²) in [5, 5.41) is 8.25. The van der Waals surface area contributed by atoms with E-state index in [1.807, 2.05) is 0 Å². The molecule has 0 aromatic carbocycles. The van der Waals surface area contributed by atoms with Crippen LogP contribution in [0.4, 0.5) is 0 Å². The van der Waals surface area contributed by atoms with E-state index in [2.05, 4.69) is 0 Å². The van der Waals surface area contributed by atoms with Gasteiger partial charge in [0, 0.05) is 18.6 Å². The van der Waals surface area contributed by atoms with Crippen molar-refractivity contribution in [2.75, 3.05) is 13.2 Å². The molecule has 0 unspecified atom stereocenters. The lowest BCUT2D eigenvalue weighted by Crippen LogP contribution is -1.95. The van der Waals surface area contributed by atoms with Crippen LogP contribution in [0, 0.1) is 5.92 Å². The number of hydrogen-bond acceptors (Lipinski definition) is 2. The van der Waals surface area contributed by atoms with Crippen molar-refractivity contribution in [3.05, 3.63) is 12.2 Å². The number of rotatable bonds is 2. The van der Waals surface area contributed by atoms with Crippen molar-refractivity contribution in [3.63, 3.8) is 0 Å². The van der Waals surface area contributed by atoms with Gasteiger partial charge < -0.3 is 9.84 Å². The summed E-state index contributed by atoms with van der Waals surface area (Å²) in [6.45, 7) is 1.43. The molecule has 0 spiro atoms. The van der Waals surface area contributed by atoms with Gasteiger partial charge in [-0.1, -0.05) is 6.08 Å². The van der Waals surface area contributed by atoms with Gasteiger partial charge in [-0.15, -0.1) is 0 Å². The minimum absolute atomic E-state index is 0.316. The van der Waals surface area contributed by atoms with Crippen LogP contribution in [0.3, 0.4) is 0 Å². The zero-order valence-electron chi connectivity index (χ0n) is 5.62. The highest BCUT2D eigenvalue weighted by Crippen LogP contribution is 2.12. The molecule has 0 saturated carbocycles. The Balaban J connectivity index is 2.29. The summed E-state index contributed by atoms with van der Waals surface area (Å²) >= 11 is 0. The second-order valence-corrected chi connectivity index (χ2v) is 2.32. The lowest BCUT2D eigenvalue weighted by molar-refractivity contribution is -0.131. The van der Waals surface area contributed by atoms with E-state index in [9.17, 15) is 4.79 Å². The molecular formula is C7H10O3. The van der Waals surface area contributed by atoms with Crippen molar-refractivity contribution in [2.24, 2.45) is 5.92 Å². The van der Waals surface area contributed by atoms with Crippen LogP contribution >= 0.6 is 0 Å². The Hall–Kier alpha value is -0.830. The fraction of sp³-hybridized carbons (Fsp3) is 0.571. The third-order valence-corrected chi connectivity index (χ3v) is 1.48. The second-order valence-electron chi connectivity index (χ2n) is 2.32. The molecule has 0 amide bonds. The van der Waals surface area contributed by atoms with E-state index in [4.69, 9.17) is 9.84 Å². The fourth-order valence-corrected chi connectivity index (χ4v) is 0.923. The van der Waals surface area contributed by atoms with Crippen LogP contribution < -0.4 is 0 Å². The van der Waals surface area contributed by atoms with Gasteiger partial charge in [0.15, 0.2) is 0 Å². The molecule has 56 valence electrons. The van der Waals surface area contributed by atoms with Crippen LogP contribution in [0.25, 0.3) is 0 Å². The molecule has 0 bridgehead atoms. The Bertz CT molecular complexity index is 145. The molecular weight excluding hydrogens is 132 g/mol. The third-order valence-electron chi connectivity index (χ3n) is 1.48. The van der Waals surface area contributed by atoms with Gasteiger partial charge in [0.25, 0.3) is 0 Å². The predicted molar refractivity (Wildman–Crippen MR) is 35.7 cm³/mol. The Morgan fingerprint density at radius 1 is 1.70 bits per heavy atom. The first-order valence-corrected chi connectivity index (χ1v) is 3.28. The monoisotopic (exact) mass is 142 g/mol. The Kier molecular flexibility index (Phi) is 2.45. The molecule has 1 saturated heterocycles. The van der Waals surface area contributed by atoms with E-state index in [1.54, 1.807) is 6.08 Å². The molecule has 10 heavy (non-hydrogen) atoms. The topological polar surface area (TPSA) is 46.5 Å². The molecule has 1 aliphatic heterocycles. The molecule has 0 radical (unpaired) electrons. The molecule has 0 aromatic rings. The van der Waals surface area contributed by atoms with Gasteiger partial charge in [0.2, 0.25) is 0 Å². The minimum Gasteiger partial charge on any atom is -0.478 e. The van der Waals surface area contributed by atoms with Gasteiger partial charge in [-0.25, -0.2) is 4.79 Å². The van der Waals surface area contributed by atoms with Gasteiger partial charge in [0.05, 0.1) is 6.61 Å². The fourth-order valence-electron chi connectivity index (χ4n) is 0.923. The van der Waals surface area contributed by atoms with Gasteiger partial charge in [-0.2, -0.15) is 0 Å². The molecule has 1 aliphatic rings. The van der Waals surface area contributed by atoms with Crippen molar-refractivity contribution in [2.45, 2.75) is 6.42 Å². The Morgan fingerprint density at radius 3 is 3.00 bits per heavy atom. The van der Waals surface area contributed by atoms with E-state index in [0.717, 1.165) is 13.0 Å². The van der Waals surface area contributed by atoms with E-state index < -0.39 is 5.97 Å². The zero-order valence-corrected chi connectivity index (χ0v) is 5.62. The first-order chi connectivity index (χ1) is 4.79. The van der Waals surface area contributed by atoms with Crippen molar-refractivity contribution in [3.8, 4) is 0 Å². The average Bonchev–Trinajstić information content (AvgIpc) is 2.34. The Morgan fingerprint density at radius 2 is 2.50 bits per heavy atom. The van der Waals surface area contributed by atoms with Crippen molar-refractivity contribution < 1.29 is 14.6 Å². The van der Waals surface area contributed by atoms with Gasteiger partial charge in [-0.3, -0.25) is 0 Å². The van der Waals surface area contributed by atoms with Crippen LogP contribution in [-0.4, -0.2) is 24.3 Å². The standard InChI is InChI=1S/C7H10O3/c8-7(9)2-1-6-3-4-10-5-6/h1-2,6H,3-5H2,(H,8,9)/b2-1+/t6-/m0/s1. The number of hydrogen-bond donors (Lipinski definition) is 1. The minimum atomic E-state index is -0.882. The lowest BCUT2D eigenvalue weighted by atomic mass is 10.1. The molecule has 3 nitrogen and oxygen atoms in total. The van der Waals surface area contributed by atoms with Crippen LogP contribution in [0.5, 0.6) is 0 Å². The number of carbonyl (C=O) groups is 1. The molecule has 3 heteroatoms. The molecule has 0 aromatic heterocycles. The zero-order chi connectivity index (χ0) is 7.40. The van der Waals surface area contributed by atoms with Crippen LogP contribution in [-0.2, 0) is 9.53 Å². The van der Waals surface area contributed by atoms with E-state index >= 15 is 0 Å². The summed E-state index contributed by atoms with van der Waals surface area (Å²) < 4.78 is 5.05. The van der Waals surface area contributed by atoms with Gasteiger partial charge in [-0.05, 0) is 6.42 Å². The molecule has 1 heterocycles. The predicted octanol–water partition coefficient (Wildman–Crippen LogP) is 0.664. The number of aliphatic carboxylic acids is 1. The SMILES string of the molecule is O=C(O)/C=C/[C@H]1CCOC1. The summed E-state index contributed by atoms with van der Waals surface area (Å²) in [7, 11) is 0. The summed E-state index contributed by atoms with van der Waals surface area (Å²) in [5.74, 6) is -0.567.